The molecule has 0 amide bonds. The van der Waals surface area contributed by atoms with Gasteiger partial charge in [-0.2, -0.15) is 0 Å². The molecule has 14 heavy (non-hydrogen) atoms. The molecule has 2 aromatic heterocycles. The van der Waals surface area contributed by atoms with Crippen molar-refractivity contribution in [3.63, 3.8) is 0 Å². The predicted molar refractivity (Wildman–Crippen MR) is 55.1 cm³/mol. The second-order valence-corrected chi connectivity index (χ2v) is 4.14. The van der Waals surface area contributed by atoms with Crippen LogP contribution in [0.1, 0.15) is 10.8 Å². The molecule has 2 aromatic rings. The summed E-state index contributed by atoms with van der Waals surface area (Å²) in [7, 11) is 1.87. The van der Waals surface area contributed by atoms with Gasteiger partial charge in [0.15, 0.2) is 0 Å². The topological polar surface area (TPSA) is 51.0 Å². The summed E-state index contributed by atoms with van der Waals surface area (Å²) in [4.78, 5) is 9.31. The molecule has 2 rings (SSSR count). The normalized spacial score (nSPS) is 10.7. The number of thiazole rings is 1. The van der Waals surface area contributed by atoms with Crippen LogP contribution < -0.4 is 5.32 Å². The maximum Gasteiger partial charge on any atom is 0.238 e. The van der Waals surface area contributed by atoms with Crippen LogP contribution in [0.5, 0.6) is 0 Å². The van der Waals surface area contributed by atoms with Gasteiger partial charge < -0.3 is 9.73 Å². The summed E-state index contributed by atoms with van der Waals surface area (Å²) in [6, 6.07) is 0. The Hall–Kier alpha value is -1.20. The van der Waals surface area contributed by atoms with E-state index >= 15 is 0 Å². The van der Waals surface area contributed by atoms with Crippen LogP contribution in [0.2, 0.25) is 0 Å². The Morgan fingerprint density at radius 2 is 2.29 bits per heavy atom. The molecule has 0 aromatic carbocycles. The van der Waals surface area contributed by atoms with Crippen molar-refractivity contribution >= 4 is 11.3 Å². The number of hydrogen-bond acceptors (Lipinski definition) is 5. The van der Waals surface area contributed by atoms with Crippen molar-refractivity contribution in [1.82, 2.24) is 15.3 Å². The van der Waals surface area contributed by atoms with Crippen LogP contribution in [-0.4, -0.2) is 17.0 Å². The first-order valence-electron chi connectivity index (χ1n) is 4.31. The minimum Gasteiger partial charge on any atom is -0.439 e. The van der Waals surface area contributed by atoms with Gasteiger partial charge in [0, 0.05) is 0 Å². The van der Waals surface area contributed by atoms with Gasteiger partial charge in [-0.3, -0.25) is 0 Å². The lowest BCUT2D eigenvalue weighted by Crippen LogP contribution is -2.03. The minimum atomic E-state index is 0.654. The number of aromatic nitrogens is 2. The Labute approximate surface area is 86.0 Å². The van der Waals surface area contributed by atoms with Crippen molar-refractivity contribution in [2.24, 2.45) is 0 Å². The number of hydrogen-bond donors (Lipinski definition) is 1. The Morgan fingerprint density at radius 3 is 2.93 bits per heavy atom. The summed E-state index contributed by atoms with van der Waals surface area (Å²) < 4.78 is 5.52. The van der Waals surface area contributed by atoms with Gasteiger partial charge in [0.25, 0.3) is 0 Å². The third-order valence-corrected chi connectivity index (χ3v) is 2.64. The second kappa shape index (κ2) is 3.89. The fourth-order valence-corrected chi connectivity index (χ4v) is 1.85. The summed E-state index contributed by atoms with van der Waals surface area (Å²) >= 11 is 1.58. The van der Waals surface area contributed by atoms with E-state index in [9.17, 15) is 0 Å². The Morgan fingerprint density at radius 1 is 1.43 bits per heavy atom. The Balaban J connectivity index is 2.24. The monoisotopic (exact) mass is 209 g/mol. The zero-order chi connectivity index (χ0) is 9.97. The van der Waals surface area contributed by atoms with Crippen molar-refractivity contribution in [2.75, 3.05) is 7.05 Å². The van der Waals surface area contributed by atoms with E-state index in [1.54, 1.807) is 23.7 Å². The van der Waals surface area contributed by atoms with Crippen molar-refractivity contribution in [3.05, 3.63) is 23.2 Å². The molecule has 2 heterocycles. The summed E-state index contributed by atoms with van der Waals surface area (Å²) in [5.41, 5.74) is 0. The fraction of sp³-hybridized carbons (Fsp3) is 0.333. The highest BCUT2D eigenvalue weighted by Gasteiger charge is 2.08. The zero-order valence-corrected chi connectivity index (χ0v) is 8.89. The minimum absolute atomic E-state index is 0.654. The van der Waals surface area contributed by atoms with Gasteiger partial charge in [-0.05, 0) is 14.0 Å². The summed E-state index contributed by atoms with van der Waals surface area (Å²) in [5.74, 6) is 1.49. The number of rotatable bonds is 3. The van der Waals surface area contributed by atoms with Gasteiger partial charge in [0.05, 0.1) is 23.9 Å². The lowest BCUT2D eigenvalue weighted by molar-refractivity contribution is 0.504. The highest BCUT2D eigenvalue weighted by Crippen LogP contribution is 2.24. The van der Waals surface area contributed by atoms with E-state index < -0.39 is 0 Å². The molecular weight excluding hydrogens is 198 g/mol. The van der Waals surface area contributed by atoms with Crippen LogP contribution in [0.4, 0.5) is 0 Å². The number of nitrogens with one attached hydrogen (secondary N) is 1. The molecule has 0 aliphatic heterocycles. The highest BCUT2D eigenvalue weighted by molar-refractivity contribution is 7.14. The molecule has 0 radical (unpaired) electrons. The van der Waals surface area contributed by atoms with E-state index in [1.165, 1.54) is 0 Å². The van der Waals surface area contributed by atoms with Crippen LogP contribution in [0.25, 0.3) is 10.8 Å². The van der Waals surface area contributed by atoms with Gasteiger partial charge in [0.1, 0.15) is 10.6 Å². The third-order valence-electron chi connectivity index (χ3n) is 1.74. The van der Waals surface area contributed by atoms with E-state index in [2.05, 4.69) is 15.3 Å². The van der Waals surface area contributed by atoms with Gasteiger partial charge in [-0.25, -0.2) is 9.97 Å². The molecule has 0 aliphatic carbocycles. The Kier molecular flexibility index (Phi) is 2.60. The van der Waals surface area contributed by atoms with Crippen LogP contribution in [0.15, 0.2) is 16.8 Å². The van der Waals surface area contributed by atoms with Crippen LogP contribution in [0.3, 0.4) is 0 Å². The zero-order valence-electron chi connectivity index (χ0n) is 8.07. The van der Waals surface area contributed by atoms with E-state index in [1.807, 2.05) is 14.0 Å². The molecule has 0 saturated carbocycles. The molecule has 5 heteroatoms. The number of oxazole rings is 1. The molecule has 0 spiro atoms. The average molecular weight is 209 g/mol. The summed E-state index contributed by atoms with van der Waals surface area (Å²) in [6.07, 6.45) is 3.52. The molecule has 0 saturated heterocycles. The third kappa shape index (κ3) is 1.83. The van der Waals surface area contributed by atoms with Crippen molar-refractivity contribution < 1.29 is 4.42 Å². The second-order valence-electron chi connectivity index (χ2n) is 2.91. The standard InChI is InChI=1S/C9H11N3OS/c1-6-11-5-8(14-6)9-12-4-7(13-9)3-10-2/h4-5,10H,3H2,1-2H3. The van der Waals surface area contributed by atoms with Crippen molar-refractivity contribution in [2.45, 2.75) is 13.5 Å². The summed E-state index contributed by atoms with van der Waals surface area (Å²) in [5, 5.41) is 4.03. The van der Waals surface area contributed by atoms with E-state index in [0.717, 1.165) is 15.6 Å². The first-order valence-corrected chi connectivity index (χ1v) is 5.13. The molecule has 0 fully saturated rings. The van der Waals surface area contributed by atoms with Gasteiger partial charge >= 0.3 is 0 Å². The predicted octanol–water partition coefficient (Wildman–Crippen LogP) is 1.83. The van der Waals surface area contributed by atoms with Gasteiger partial charge in [-0.1, -0.05) is 0 Å². The van der Waals surface area contributed by atoms with Gasteiger partial charge in [-0.15, -0.1) is 11.3 Å². The van der Waals surface area contributed by atoms with Crippen molar-refractivity contribution in [1.29, 1.82) is 0 Å². The molecule has 0 unspecified atom stereocenters. The number of aryl methyl sites for hydroxylation is 1. The lowest BCUT2D eigenvalue weighted by Gasteiger charge is -1.90. The molecular formula is C9H11N3OS. The SMILES string of the molecule is CNCc1cnc(-c2cnc(C)s2)o1. The summed E-state index contributed by atoms with van der Waals surface area (Å²) in [6.45, 7) is 2.66. The molecule has 74 valence electrons. The van der Waals surface area contributed by atoms with Gasteiger partial charge in [0.2, 0.25) is 5.89 Å². The van der Waals surface area contributed by atoms with Crippen LogP contribution in [-0.2, 0) is 6.54 Å². The van der Waals surface area contributed by atoms with Crippen LogP contribution >= 0.6 is 11.3 Å². The first kappa shape index (κ1) is 9.36. The molecule has 1 N–H and O–H groups in total. The maximum absolute atomic E-state index is 5.52. The first-order chi connectivity index (χ1) is 6.79. The van der Waals surface area contributed by atoms with Crippen molar-refractivity contribution in [3.8, 4) is 10.8 Å². The molecule has 0 bridgehead atoms. The average Bonchev–Trinajstić information content (AvgIpc) is 2.74. The van der Waals surface area contributed by atoms with E-state index in [0.29, 0.717) is 12.4 Å². The molecule has 4 nitrogen and oxygen atoms in total. The Bertz CT molecular complexity index is 421. The number of nitrogens with zero attached hydrogens (tertiary/aromatic N) is 2. The van der Waals surface area contributed by atoms with E-state index in [4.69, 9.17) is 4.42 Å². The lowest BCUT2D eigenvalue weighted by atomic mass is 10.5. The maximum atomic E-state index is 5.52. The largest absolute Gasteiger partial charge is 0.439 e. The quantitative estimate of drug-likeness (QED) is 0.837. The molecule has 0 atom stereocenters. The molecule has 0 aliphatic rings. The smallest absolute Gasteiger partial charge is 0.238 e. The van der Waals surface area contributed by atoms with E-state index in [-0.39, 0.29) is 0 Å². The fourth-order valence-electron chi connectivity index (χ4n) is 1.14. The highest BCUT2D eigenvalue weighted by atomic mass is 32.1. The van der Waals surface area contributed by atoms with Crippen LogP contribution in [0, 0.1) is 6.92 Å².